The molecule has 0 aliphatic carbocycles. The minimum atomic E-state index is -0.398. The number of aliphatic hydroxyl groups excluding tert-OH is 1. The van der Waals surface area contributed by atoms with Crippen LogP contribution in [0.3, 0.4) is 0 Å². The summed E-state index contributed by atoms with van der Waals surface area (Å²) in [6.07, 6.45) is 0.207. The zero-order valence-electron chi connectivity index (χ0n) is 11.2. The molecule has 1 aromatic rings. The Morgan fingerprint density at radius 3 is 2.53 bits per heavy atom. The predicted octanol–water partition coefficient (Wildman–Crippen LogP) is 1.99. The van der Waals surface area contributed by atoms with Crippen molar-refractivity contribution in [3.8, 4) is 5.75 Å². The maximum Gasteiger partial charge on any atom is 0.122 e. The van der Waals surface area contributed by atoms with Crippen molar-refractivity contribution >= 4 is 0 Å². The highest BCUT2D eigenvalue weighted by atomic mass is 16.5. The van der Waals surface area contributed by atoms with Gasteiger partial charge in [0.15, 0.2) is 0 Å². The van der Waals surface area contributed by atoms with E-state index in [2.05, 4.69) is 26.1 Å². The van der Waals surface area contributed by atoms with Crippen molar-refractivity contribution in [2.24, 2.45) is 0 Å². The lowest BCUT2D eigenvalue weighted by atomic mass is 10.0. The summed E-state index contributed by atoms with van der Waals surface area (Å²) < 4.78 is 5.26. The number of benzene rings is 1. The van der Waals surface area contributed by atoms with Crippen LogP contribution < -0.4 is 10.1 Å². The molecule has 1 atom stereocenters. The standard InChI is InChI=1S/C14H23NO2/c1-14(2,3)15-10-12(16)9-11-7-5-6-8-13(11)17-4/h5-8,12,15-16H,9-10H2,1-4H3. The largest absolute Gasteiger partial charge is 0.496 e. The van der Waals surface area contributed by atoms with Crippen LogP contribution in [0.1, 0.15) is 26.3 Å². The first-order valence-electron chi connectivity index (χ1n) is 5.97. The van der Waals surface area contributed by atoms with E-state index in [1.165, 1.54) is 0 Å². The van der Waals surface area contributed by atoms with Crippen LogP contribution in [0.2, 0.25) is 0 Å². The molecule has 1 unspecified atom stereocenters. The molecule has 1 aromatic carbocycles. The van der Waals surface area contributed by atoms with Crippen molar-refractivity contribution in [3.05, 3.63) is 29.8 Å². The van der Waals surface area contributed by atoms with Crippen molar-refractivity contribution < 1.29 is 9.84 Å². The highest BCUT2D eigenvalue weighted by Crippen LogP contribution is 2.18. The first-order chi connectivity index (χ1) is 7.92. The van der Waals surface area contributed by atoms with Gasteiger partial charge in [0, 0.05) is 18.5 Å². The highest BCUT2D eigenvalue weighted by Gasteiger charge is 2.13. The van der Waals surface area contributed by atoms with Crippen molar-refractivity contribution in [3.63, 3.8) is 0 Å². The van der Waals surface area contributed by atoms with E-state index in [0.717, 1.165) is 11.3 Å². The molecule has 0 spiro atoms. The summed E-state index contributed by atoms with van der Waals surface area (Å²) in [4.78, 5) is 0. The minimum absolute atomic E-state index is 0.0295. The number of aliphatic hydroxyl groups is 1. The van der Waals surface area contributed by atoms with Gasteiger partial charge < -0.3 is 15.2 Å². The summed E-state index contributed by atoms with van der Waals surface area (Å²) in [7, 11) is 1.65. The van der Waals surface area contributed by atoms with Gasteiger partial charge in [-0.3, -0.25) is 0 Å². The average molecular weight is 237 g/mol. The van der Waals surface area contributed by atoms with Gasteiger partial charge in [-0.2, -0.15) is 0 Å². The SMILES string of the molecule is COc1ccccc1CC(O)CNC(C)(C)C. The molecule has 0 aliphatic heterocycles. The zero-order chi connectivity index (χ0) is 12.9. The molecule has 1 rings (SSSR count). The lowest BCUT2D eigenvalue weighted by Crippen LogP contribution is -2.41. The number of ether oxygens (including phenoxy) is 1. The van der Waals surface area contributed by atoms with E-state index in [4.69, 9.17) is 4.74 Å². The average Bonchev–Trinajstić information content (AvgIpc) is 2.26. The fraction of sp³-hybridized carbons (Fsp3) is 0.571. The monoisotopic (exact) mass is 237 g/mol. The van der Waals surface area contributed by atoms with Gasteiger partial charge in [0.1, 0.15) is 5.75 Å². The lowest BCUT2D eigenvalue weighted by Gasteiger charge is -2.23. The molecule has 0 heterocycles. The smallest absolute Gasteiger partial charge is 0.122 e. The van der Waals surface area contributed by atoms with E-state index >= 15 is 0 Å². The van der Waals surface area contributed by atoms with E-state index in [1.54, 1.807) is 7.11 Å². The topological polar surface area (TPSA) is 41.5 Å². The zero-order valence-corrected chi connectivity index (χ0v) is 11.2. The molecule has 17 heavy (non-hydrogen) atoms. The Labute approximate surface area is 104 Å². The molecule has 0 aliphatic rings. The number of nitrogens with one attached hydrogen (secondary N) is 1. The van der Waals surface area contributed by atoms with Gasteiger partial charge in [0.05, 0.1) is 13.2 Å². The van der Waals surface area contributed by atoms with Crippen LogP contribution in [0.15, 0.2) is 24.3 Å². The van der Waals surface area contributed by atoms with E-state index in [0.29, 0.717) is 13.0 Å². The predicted molar refractivity (Wildman–Crippen MR) is 70.5 cm³/mol. The number of methoxy groups -OCH3 is 1. The number of hydrogen-bond donors (Lipinski definition) is 2. The normalized spacial score (nSPS) is 13.5. The first-order valence-corrected chi connectivity index (χ1v) is 5.97. The van der Waals surface area contributed by atoms with Crippen molar-refractivity contribution in [1.29, 1.82) is 0 Å². The molecule has 0 aromatic heterocycles. The Balaban J connectivity index is 2.53. The molecule has 96 valence electrons. The summed E-state index contributed by atoms with van der Waals surface area (Å²) in [6, 6.07) is 7.79. The second-order valence-electron chi connectivity index (χ2n) is 5.30. The van der Waals surface area contributed by atoms with Gasteiger partial charge in [-0.15, -0.1) is 0 Å². The van der Waals surface area contributed by atoms with E-state index < -0.39 is 6.10 Å². The van der Waals surface area contributed by atoms with Crippen LogP contribution in [0.25, 0.3) is 0 Å². The molecular weight excluding hydrogens is 214 g/mol. The molecule has 0 saturated carbocycles. The first kappa shape index (κ1) is 14.0. The van der Waals surface area contributed by atoms with Gasteiger partial charge in [-0.25, -0.2) is 0 Å². The molecule has 3 heteroatoms. The van der Waals surface area contributed by atoms with Crippen molar-refractivity contribution in [2.75, 3.05) is 13.7 Å². The van der Waals surface area contributed by atoms with E-state index in [-0.39, 0.29) is 5.54 Å². The van der Waals surface area contributed by atoms with Crippen molar-refractivity contribution in [2.45, 2.75) is 38.8 Å². The maximum absolute atomic E-state index is 9.97. The summed E-state index contributed by atoms with van der Waals surface area (Å²) in [5.41, 5.74) is 1.07. The summed E-state index contributed by atoms with van der Waals surface area (Å²) in [5.74, 6) is 0.835. The molecule has 0 radical (unpaired) electrons. The fourth-order valence-electron chi connectivity index (χ4n) is 1.62. The molecule has 2 N–H and O–H groups in total. The Morgan fingerprint density at radius 1 is 1.29 bits per heavy atom. The van der Waals surface area contributed by atoms with E-state index in [9.17, 15) is 5.11 Å². The number of rotatable bonds is 5. The lowest BCUT2D eigenvalue weighted by molar-refractivity contribution is 0.160. The van der Waals surface area contributed by atoms with Crippen LogP contribution in [0, 0.1) is 0 Å². The summed E-state index contributed by atoms with van der Waals surface area (Å²) in [6.45, 7) is 6.84. The molecule has 0 saturated heterocycles. The summed E-state index contributed by atoms with van der Waals surface area (Å²) in [5, 5.41) is 13.3. The van der Waals surface area contributed by atoms with E-state index in [1.807, 2.05) is 24.3 Å². The minimum Gasteiger partial charge on any atom is -0.496 e. The van der Waals surface area contributed by atoms with Crippen LogP contribution >= 0.6 is 0 Å². The maximum atomic E-state index is 9.97. The Bertz CT molecular complexity index is 344. The molecule has 0 bridgehead atoms. The third-order valence-electron chi connectivity index (χ3n) is 2.52. The Morgan fingerprint density at radius 2 is 1.94 bits per heavy atom. The van der Waals surface area contributed by atoms with Gasteiger partial charge in [-0.1, -0.05) is 18.2 Å². The number of para-hydroxylation sites is 1. The Kier molecular flexibility index (Phi) is 4.97. The van der Waals surface area contributed by atoms with Crippen molar-refractivity contribution in [1.82, 2.24) is 5.32 Å². The second-order valence-corrected chi connectivity index (χ2v) is 5.30. The Hall–Kier alpha value is -1.06. The molecule has 3 nitrogen and oxygen atoms in total. The van der Waals surface area contributed by atoms with Crippen LogP contribution in [-0.4, -0.2) is 30.4 Å². The molecule has 0 amide bonds. The highest BCUT2D eigenvalue weighted by molar-refractivity contribution is 5.33. The summed E-state index contributed by atoms with van der Waals surface area (Å²) >= 11 is 0. The number of β-amino-alcohol motifs (C(OH)–C–C–N with tert-alkyl or cyclic N) is 1. The quantitative estimate of drug-likeness (QED) is 0.823. The van der Waals surface area contributed by atoms with Crippen LogP contribution in [0.5, 0.6) is 5.75 Å². The second kappa shape index (κ2) is 6.03. The van der Waals surface area contributed by atoms with Gasteiger partial charge >= 0.3 is 0 Å². The van der Waals surface area contributed by atoms with Gasteiger partial charge in [0.25, 0.3) is 0 Å². The molecule has 0 fully saturated rings. The molecular formula is C14H23NO2. The van der Waals surface area contributed by atoms with Gasteiger partial charge in [0.2, 0.25) is 0 Å². The third-order valence-corrected chi connectivity index (χ3v) is 2.52. The fourth-order valence-corrected chi connectivity index (χ4v) is 1.62. The van der Waals surface area contributed by atoms with Crippen LogP contribution in [0.4, 0.5) is 0 Å². The van der Waals surface area contributed by atoms with Crippen LogP contribution in [-0.2, 0) is 6.42 Å². The van der Waals surface area contributed by atoms with Gasteiger partial charge in [-0.05, 0) is 32.4 Å². The third kappa shape index (κ3) is 5.20. The number of hydrogen-bond acceptors (Lipinski definition) is 3.